The summed E-state index contributed by atoms with van der Waals surface area (Å²) in [6.07, 6.45) is 2.45. The number of carbonyl (C=O) groups excluding carboxylic acids is 1. The number of hydrogen-bond donors (Lipinski definition) is 2. The Morgan fingerprint density at radius 1 is 1.07 bits per heavy atom. The number of piperidine rings is 1. The molecule has 1 aliphatic heterocycles. The second-order valence-electron chi connectivity index (χ2n) is 7.55. The van der Waals surface area contributed by atoms with Crippen LogP contribution < -0.4 is 10.0 Å². The predicted octanol–water partition coefficient (Wildman–Crippen LogP) is 3.69. The van der Waals surface area contributed by atoms with Gasteiger partial charge >= 0.3 is 0 Å². The maximum Gasteiger partial charge on any atom is 0.232 e. The third-order valence-electron chi connectivity index (χ3n) is 5.02. The van der Waals surface area contributed by atoms with Crippen LogP contribution in [0.4, 0.5) is 11.4 Å². The molecule has 1 atom stereocenters. The SMILES string of the molecule is CCCS(=O)(=O)Nc1ccc(NC(=O)C2CCCN(Cc3ccccc3)C2)cc1. The molecule has 29 heavy (non-hydrogen) atoms. The van der Waals surface area contributed by atoms with Crippen molar-refractivity contribution < 1.29 is 13.2 Å². The number of amides is 1. The van der Waals surface area contributed by atoms with Gasteiger partial charge in [0.25, 0.3) is 0 Å². The lowest BCUT2D eigenvalue weighted by atomic mass is 9.96. The Hall–Kier alpha value is -2.38. The maximum absolute atomic E-state index is 12.7. The van der Waals surface area contributed by atoms with Crippen LogP contribution in [-0.4, -0.2) is 38.1 Å². The lowest BCUT2D eigenvalue weighted by molar-refractivity contribution is -0.121. The molecule has 0 saturated carbocycles. The molecule has 1 saturated heterocycles. The highest BCUT2D eigenvalue weighted by atomic mass is 32.2. The van der Waals surface area contributed by atoms with Crippen molar-refractivity contribution in [3.8, 4) is 0 Å². The molecule has 2 aromatic carbocycles. The minimum absolute atomic E-state index is 0.0158. The number of anilines is 2. The second-order valence-corrected chi connectivity index (χ2v) is 9.39. The molecule has 2 aromatic rings. The lowest BCUT2D eigenvalue weighted by Gasteiger charge is -2.32. The van der Waals surface area contributed by atoms with Crippen LogP contribution in [-0.2, 0) is 21.4 Å². The van der Waals surface area contributed by atoms with Crippen molar-refractivity contribution in [2.45, 2.75) is 32.7 Å². The van der Waals surface area contributed by atoms with Crippen molar-refractivity contribution in [1.82, 2.24) is 4.90 Å². The quantitative estimate of drug-likeness (QED) is 0.689. The fraction of sp³-hybridized carbons (Fsp3) is 0.409. The first-order valence-electron chi connectivity index (χ1n) is 10.1. The third kappa shape index (κ3) is 6.58. The van der Waals surface area contributed by atoms with Crippen LogP contribution in [0.2, 0.25) is 0 Å². The van der Waals surface area contributed by atoms with E-state index in [4.69, 9.17) is 0 Å². The van der Waals surface area contributed by atoms with Gasteiger partial charge < -0.3 is 5.32 Å². The molecule has 156 valence electrons. The maximum atomic E-state index is 12.7. The summed E-state index contributed by atoms with van der Waals surface area (Å²) in [5.74, 6) is 0.0596. The van der Waals surface area contributed by atoms with Crippen molar-refractivity contribution in [2.24, 2.45) is 5.92 Å². The van der Waals surface area contributed by atoms with Crippen LogP contribution in [0, 0.1) is 5.92 Å². The Bertz CT molecular complexity index is 899. The first-order valence-corrected chi connectivity index (χ1v) is 11.8. The zero-order valence-electron chi connectivity index (χ0n) is 16.8. The summed E-state index contributed by atoms with van der Waals surface area (Å²) >= 11 is 0. The molecule has 1 heterocycles. The second kappa shape index (κ2) is 9.89. The summed E-state index contributed by atoms with van der Waals surface area (Å²) in [4.78, 5) is 15.0. The highest BCUT2D eigenvalue weighted by molar-refractivity contribution is 7.92. The van der Waals surface area contributed by atoms with Crippen LogP contribution in [0.3, 0.4) is 0 Å². The Morgan fingerprint density at radius 2 is 1.76 bits per heavy atom. The van der Waals surface area contributed by atoms with Crippen LogP contribution in [0.5, 0.6) is 0 Å². The smallest absolute Gasteiger partial charge is 0.232 e. The van der Waals surface area contributed by atoms with Gasteiger partial charge in [-0.1, -0.05) is 37.3 Å². The minimum Gasteiger partial charge on any atom is -0.326 e. The Morgan fingerprint density at radius 3 is 2.45 bits per heavy atom. The summed E-state index contributed by atoms with van der Waals surface area (Å²) in [7, 11) is -3.31. The van der Waals surface area contributed by atoms with Crippen LogP contribution in [0.25, 0.3) is 0 Å². The van der Waals surface area contributed by atoms with Crippen LogP contribution >= 0.6 is 0 Å². The van der Waals surface area contributed by atoms with Crippen molar-refractivity contribution in [1.29, 1.82) is 0 Å². The van der Waals surface area contributed by atoms with E-state index < -0.39 is 10.0 Å². The number of nitrogens with zero attached hydrogens (tertiary/aromatic N) is 1. The van der Waals surface area contributed by atoms with Gasteiger partial charge in [-0.25, -0.2) is 8.42 Å². The molecule has 0 radical (unpaired) electrons. The molecule has 0 spiro atoms. The Kier molecular flexibility index (Phi) is 7.28. The summed E-state index contributed by atoms with van der Waals surface area (Å²) in [6, 6.07) is 17.1. The fourth-order valence-electron chi connectivity index (χ4n) is 3.62. The first kappa shape index (κ1) is 21.3. The van der Waals surface area contributed by atoms with Gasteiger partial charge in [-0.15, -0.1) is 0 Å². The molecular weight excluding hydrogens is 386 g/mol. The summed E-state index contributed by atoms with van der Waals surface area (Å²) in [5, 5.41) is 2.97. The molecule has 0 aromatic heterocycles. The molecule has 1 aliphatic rings. The molecule has 1 unspecified atom stereocenters. The van der Waals surface area contributed by atoms with Crippen LogP contribution in [0.15, 0.2) is 54.6 Å². The number of benzene rings is 2. The Balaban J connectivity index is 1.54. The van der Waals surface area contributed by atoms with E-state index in [1.807, 2.05) is 25.1 Å². The van der Waals surface area contributed by atoms with E-state index in [2.05, 4.69) is 27.1 Å². The number of sulfonamides is 1. The summed E-state index contributed by atoms with van der Waals surface area (Å²) in [5.41, 5.74) is 2.44. The van der Waals surface area contributed by atoms with Gasteiger partial charge in [0.05, 0.1) is 11.7 Å². The number of carbonyl (C=O) groups is 1. The van der Waals surface area contributed by atoms with Gasteiger partial charge in [0.1, 0.15) is 0 Å². The molecule has 3 rings (SSSR count). The summed E-state index contributed by atoms with van der Waals surface area (Å²) in [6.45, 7) is 4.43. The van der Waals surface area contributed by atoms with Crippen molar-refractivity contribution in [3.63, 3.8) is 0 Å². The van der Waals surface area contributed by atoms with Crippen molar-refractivity contribution in [2.75, 3.05) is 28.9 Å². The predicted molar refractivity (Wildman–Crippen MR) is 117 cm³/mol. The third-order valence-corrected chi connectivity index (χ3v) is 6.52. The number of hydrogen-bond acceptors (Lipinski definition) is 4. The van der Waals surface area contributed by atoms with E-state index in [9.17, 15) is 13.2 Å². The molecule has 1 amide bonds. The van der Waals surface area contributed by atoms with E-state index in [1.54, 1.807) is 24.3 Å². The Labute approximate surface area is 173 Å². The van der Waals surface area contributed by atoms with Gasteiger partial charge in [-0.3, -0.25) is 14.4 Å². The topological polar surface area (TPSA) is 78.5 Å². The zero-order chi connectivity index (χ0) is 20.7. The molecule has 7 heteroatoms. The summed E-state index contributed by atoms with van der Waals surface area (Å²) < 4.78 is 26.2. The lowest BCUT2D eigenvalue weighted by Crippen LogP contribution is -2.40. The van der Waals surface area contributed by atoms with Crippen molar-refractivity contribution in [3.05, 3.63) is 60.2 Å². The van der Waals surface area contributed by atoms with Gasteiger partial charge in [-0.2, -0.15) is 0 Å². The normalized spacial score (nSPS) is 17.6. The molecule has 0 bridgehead atoms. The monoisotopic (exact) mass is 415 g/mol. The molecule has 6 nitrogen and oxygen atoms in total. The van der Waals surface area contributed by atoms with Gasteiger partial charge in [0.15, 0.2) is 0 Å². The molecule has 0 aliphatic carbocycles. The van der Waals surface area contributed by atoms with E-state index in [0.29, 0.717) is 17.8 Å². The van der Waals surface area contributed by atoms with Crippen LogP contribution in [0.1, 0.15) is 31.7 Å². The fourth-order valence-corrected chi connectivity index (χ4v) is 4.75. The largest absolute Gasteiger partial charge is 0.326 e. The highest BCUT2D eigenvalue weighted by Gasteiger charge is 2.25. The molecule has 1 fully saturated rings. The van der Waals surface area contributed by atoms with E-state index in [1.165, 1.54) is 5.56 Å². The number of rotatable bonds is 8. The average Bonchev–Trinajstić information content (AvgIpc) is 2.70. The van der Waals surface area contributed by atoms with Crippen molar-refractivity contribution >= 4 is 27.3 Å². The first-order chi connectivity index (χ1) is 13.9. The minimum atomic E-state index is -3.31. The van der Waals surface area contributed by atoms with E-state index in [-0.39, 0.29) is 17.6 Å². The highest BCUT2D eigenvalue weighted by Crippen LogP contribution is 2.21. The molecular formula is C22H29N3O3S. The van der Waals surface area contributed by atoms with E-state index >= 15 is 0 Å². The number of likely N-dealkylation sites (tertiary alicyclic amines) is 1. The van der Waals surface area contributed by atoms with Gasteiger partial charge in [-0.05, 0) is 55.6 Å². The zero-order valence-corrected chi connectivity index (χ0v) is 17.6. The standard InChI is InChI=1S/C22H29N3O3S/c1-2-15-29(27,28)24-21-12-10-20(11-13-21)23-22(26)19-9-6-14-25(17-19)16-18-7-4-3-5-8-18/h3-5,7-8,10-13,19,24H,2,6,9,14-17H2,1H3,(H,23,26). The molecule has 2 N–H and O–H groups in total. The van der Waals surface area contributed by atoms with Gasteiger partial charge in [0, 0.05) is 24.5 Å². The number of nitrogens with one attached hydrogen (secondary N) is 2. The van der Waals surface area contributed by atoms with Gasteiger partial charge in [0.2, 0.25) is 15.9 Å². The average molecular weight is 416 g/mol. The van der Waals surface area contributed by atoms with E-state index in [0.717, 1.165) is 32.5 Å².